The van der Waals surface area contributed by atoms with Gasteiger partial charge in [0.2, 0.25) is 0 Å². The van der Waals surface area contributed by atoms with E-state index in [0.717, 1.165) is 0 Å². The van der Waals surface area contributed by atoms with E-state index in [9.17, 15) is 4.79 Å². The molecule has 76 valence electrons. The van der Waals surface area contributed by atoms with Crippen LogP contribution in [0.1, 0.15) is 11.5 Å². The molecule has 1 unspecified atom stereocenters. The van der Waals surface area contributed by atoms with Gasteiger partial charge in [-0.05, 0) is 12.1 Å². The fourth-order valence-corrected chi connectivity index (χ4v) is 2.25. The molecule has 1 rings (SSSR count). The maximum atomic E-state index is 10.9. The van der Waals surface area contributed by atoms with E-state index in [1.54, 1.807) is 18.2 Å². The van der Waals surface area contributed by atoms with Gasteiger partial charge in [0.25, 0.3) is 0 Å². The Balaban J connectivity index is 3.22. The molecule has 0 bridgehead atoms. The van der Waals surface area contributed by atoms with Crippen LogP contribution in [0, 0.1) is 0 Å². The Hall–Kier alpha value is -0.580. The van der Waals surface area contributed by atoms with Gasteiger partial charge in [0.05, 0.1) is 5.92 Å². The van der Waals surface area contributed by atoms with E-state index < -0.39 is 11.9 Å². The Bertz CT molecular complexity index is 336. The summed E-state index contributed by atoms with van der Waals surface area (Å²) in [4.78, 5) is 10.9. The maximum Gasteiger partial charge on any atom is 0.312 e. The summed E-state index contributed by atoms with van der Waals surface area (Å²) in [6, 6.07) is 5.13. The number of carboxylic acid groups (broad SMARTS) is 1. The van der Waals surface area contributed by atoms with Crippen molar-refractivity contribution in [2.75, 3.05) is 6.54 Å². The molecule has 0 aliphatic rings. The van der Waals surface area contributed by atoms with E-state index in [0.29, 0.717) is 15.1 Å². The summed E-state index contributed by atoms with van der Waals surface area (Å²) in [6.07, 6.45) is 0. The van der Waals surface area contributed by atoms with Crippen molar-refractivity contribution in [1.82, 2.24) is 0 Å². The molecule has 0 saturated carbocycles. The highest BCUT2D eigenvalue weighted by Crippen LogP contribution is 2.31. The van der Waals surface area contributed by atoms with E-state index >= 15 is 0 Å². The SMILES string of the molecule is NCC(C(=O)O)c1c(Cl)cccc1Br. The van der Waals surface area contributed by atoms with Crippen molar-refractivity contribution in [3.8, 4) is 0 Å². The summed E-state index contributed by atoms with van der Waals surface area (Å²) in [5.74, 6) is -1.74. The highest BCUT2D eigenvalue weighted by Gasteiger charge is 2.22. The molecule has 3 N–H and O–H groups in total. The van der Waals surface area contributed by atoms with E-state index in [2.05, 4.69) is 15.9 Å². The second kappa shape index (κ2) is 4.77. The summed E-state index contributed by atoms with van der Waals surface area (Å²) < 4.78 is 0.669. The third-order valence-corrected chi connectivity index (χ3v) is 2.90. The van der Waals surface area contributed by atoms with Crippen LogP contribution in [-0.2, 0) is 4.79 Å². The molecule has 0 heterocycles. The average Bonchev–Trinajstić information content (AvgIpc) is 2.10. The molecule has 5 heteroatoms. The number of aliphatic carboxylic acids is 1. The lowest BCUT2D eigenvalue weighted by atomic mass is 9.99. The normalized spacial score (nSPS) is 12.5. The van der Waals surface area contributed by atoms with E-state index in [1.807, 2.05) is 0 Å². The van der Waals surface area contributed by atoms with E-state index in [1.165, 1.54) is 0 Å². The lowest BCUT2D eigenvalue weighted by molar-refractivity contribution is -0.138. The Morgan fingerprint density at radius 1 is 1.64 bits per heavy atom. The highest BCUT2D eigenvalue weighted by molar-refractivity contribution is 9.10. The number of rotatable bonds is 3. The van der Waals surface area contributed by atoms with Gasteiger partial charge >= 0.3 is 5.97 Å². The summed E-state index contributed by atoms with van der Waals surface area (Å²) in [5.41, 5.74) is 5.91. The predicted octanol–water partition coefficient (Wildman–Crippen LogP) is 2.23. The number of nitrogens with two attached hydrogens (primary N) is 1. The number of hydrogen-bond acceptors (Lipinski definition) is 2. The minimum Gasteiger partial charge on any atom is -0.481 e. The standard InChI is InChI=1S/C9H9BrClNO2/c10-6-2-1-3-7(11)8(6)5(4-12)9(13)14/h1-3,5H,4,12H2,(H,13,14). The minimum absolute atomic E-state index is 0.0255. The van der Waals surface area contributed by atoms with Crippen LogP contribution < -0.4 is 5.73 Å². The lowest BCUT2D eigenvalue weighted by Gasteiger charge is -2.13. The largest absolute Gasteiger partial charge is 0.481 e. The molecule has 1 aromatic rings. The summed E-state index contributed by atoms with van der Waals surface area (Å²) in [7, 11) is 0. The molecule has 1 aromatic carbocycles. The summed E-state index contributed by atoms with van der Waals surface area (Å²) >= 11 is 9.15. The molecule has 0 aliphatic carbocycles. The molecular formula is C9H9BrClNO2. The van der Waals surface area contributed by atoms with Gasteiger partial charge in [-0.1, -0.05) is 33.6 Å². The monoisotopic (exact) mass is 277 g/mol. The zero-order valence-corrected chi connectivity index (χ0v) is 9.55. The molecule has 0 fully saturated rings. The Morgan fingerprint density at radius 2 is 2.29 bits per heavy atom. The molecule has 0 saturated heterocycles. The van der Waals surface area contributed by atoms with Gasteiger partial charge in [-0.3, -0.25) is 4.79 Å². The third kappa shape index (κ3) is 2.26. The first-order valence-corrected chi connectivity index (χ1v) is 5.11. The quantitative estimate of drug-likeness (QED) is 0.891. The second-order valence-electron chi connectivity index (χ2n) is 2.76. The number of benzene rings is 1. The first kappa shape index (κ1) is 11.5. The van der Waals surface area contributed by atoms with Gasteiger partial charge in [-0.25, -0.2) is 0 Å². The lowest BCUT2D eigenvalue weighted by Crippen LogP contribution is -2.21. The third-order valence-electron chi connectivity index (χ3n) is 1.88. The average molecular weight is 279 g/mol. The maximum absolute atomic E-state index is 10.9. The molecule has 0 aromatic heterocycles. The molecule has 0 spiro atoms. The zero-order valence-electron chi connectivity index (χ0n) is 7.21. The van der Waals surface area contributed by atoms with Crippen molar-refractivity contribution >= 4 is 33.5 Å². The first-order valence-electron chi connectivity index (χ1n) is 3.94. The van der Waals surface area contributed by atoms with E-state index in [4.69, 9.17) is 22.4 Å². The number of carboxylic acids is 1. The first-order chi connectivity index (χ1) is 6.57. The van der Waals surface area contributed by atoms with Crippen LogP contribution in [0.5, 0.6) is 0 Å². The van der Waals surface area contributed by atoms with Crippen LogP contribution in [0.4, 0.5) is 0 Å². The molecule has 1 atom stereocenters. The van der Waals surface area contributed by atoms with E-state index in [-0.39, 0.29) is 6.54 Å². The van der Waals surface area contributed by atoms with Gasteiger partial charge in [0, 0.05) is 21.6 Å². The zero-order chi connectivity index (χ0) is 10.7. The van der Waals surface area contributed by atoms with Crippen molar-refractivity contribution in [3.63, 3.8) is 0 Å². The Kier molecular flexibility index (Phi) is 3.92. The molecule has 0 aliphatic heterocycles. The molecule has 0 radical (unpaired) electrons. The topological polar surface area (TPSA) is 63.3 Å². The predicted molar refractivity (Wildman–Crippen MR) is 58.6 cm³/mol. The summed E-state index contributed by atoms with van der Waals surface area (Å²) in [6.45, 7) is 0.0255. The molecule has 0 amide bonds. The van der Waals surface area contributed by atoms with Crippen molar-refractivity contribution < 1.29 is 9.90 Å². The van der Waals surface area contributed by atoms with Crippen LogP contribution in [0.3, 0.4) is 0 Å². The molecule has 3 nitrogen and oxygen atoms in total. The highest BCUT2D eigenvalue weighted by atomic mass is 79.9. The smallest absolute Gasteiger partial charge is 0.312 e. The van der Waals surface area contributed by atoms with Crippen molar-refractivity contribution in [2.45, 2.75) is 5.92 Å². The summed E-state index contributed by atoms with van der Waals surface area (Å²) in [5, 5.41) is 9.33. The molecule has 14 heavy (non-hydrogen) atoms. The fourth-order valence-electron chi connectivity index (χ4n) is 1.19. The molecular weight excluding hydrogens is 269 g/mol. The van der Waals surface area contributed by atoms with Gasteiger partial charge in [-0.15, -0.1) is 0 Å². The Morgan fingerprint density at radius 3 is 2.71 bits per heavy atom. The number of halogens is 2. The van der Waals surface area contributed by atoms with Crippen molar-refractivity contribution in [2.24, 2.45) is 5.73 Å². The van der Waals surface area contributed by atoms with Gasteiger partial charge in [0.15, 0.2) is 0 Å². The number of hydrogen-bond donors (Lipinski definition) is 2. The Labute approximate surface area is 95.0 Å². The van der Waals surface area contributed by atoms with Gasteiger partial charge in [0.1, 0.15) is 0 Å². The van der Waals surface area contributed by atoms with Crippen LogP contribution in [0.2, 0.25) is 5.02 Å². The van der Waals surface area contributed by atoms with Crippen LogP contribution in [0.15, 0.2) is 22.7 Å². The van der Waals surface area contributed by atoms with Crippen LogP contribution in [0.25, 0.3) is 0 Å². The van der Waals surface area contributed by atoms with Crippen molar-refractivity contribution in [3.05, 3.63) is 33.3 Å². The van der Waals surface area contributed by atoms with Crippen LogP contribution >= 0.6 is 27.5 Å². The minimum atomic E-state index is -0.971. The second-order valence-corrected chi connectivity index (χ2v) is 4.02. The van der Waals surface area contributed by atoms with Gasteiger partial charge in [-0.2, -0.15) is 0 Å². The number of carbonyl (C=O) groups is 1. The van der Waals surface area contributed by atoms with Crippen molar-refractivity contribution in [1.29, 1.82) is 0 Å². The van der Waals surface area contributed by atoms with Gasteiger partial charge < -0.3 is 10.8 Å². The van der Waals surface area contributed by atoms with Crippen LogP contribution in [-0.4, -0.2) is 17.6 Å². The fraction of sp³-hybridized carbons (Fsp3) is 0.222.